The second-order valence-electron chi connectivity index (χ2n) is 4.82. The van der Waals surface area contributed by atoms with Crippen molar-refractivity contribution in [3.63, 3.8) is 0 Å². The molecule has 1 aromatic rings. The van der Waals surface area contributed by atoms with E-state index in [1.54, 1.807) is 12.1 Å². The smallest absolute Gasteiger partial charge is 0.238 e. The molecule has 0 aliphatic carbocycles. The molecule has 1 aliphatic heterocycles. The van der Waals surface area contributed by atoms with Gasteiger partial charge in [0.05, 0.1) is 4.90 Å². The summed E-state index contributed by atoms with van der Waals surface area (Å²) in [6.45, 7) is 3.16. The van der Waals surface area contributed by atoms with Crippen LogP contribution in [-0.2, 0) is 10.0 Å². The molecular formula is C12H18N2O2S2. The fourth-order valence-electron chi connectivity index (χ4n) is 2.03. The van der Waals surface area contributed by atoms with Gasteiger partial charge in [0.15, 0.2) is 0 Å². The first-order valence-electron chi connectivity index (χ1n) is 5.90. The minimum absolute atomic E-state index is 0.148. The van der Waals surface area contributed by atoms with Crippen LogP contribution in [0.15, 0.2) is 29.2 Å². The molecule has 6 heteroatoms. The third kappa shape index (κ3) is 3.40. The fraction of sp³-hybridized carbons (Fsp3) is 0.500. The third-order valence-corrected chi connectivity index (χ3v) is 5.62. The average molecular weight is 286 g/mol. The van der Waals surface area contributed by atoms with Crippen LogP contribution in [0.25, 0.3) is 0 Å². The monoisotopic (exact) mass is 286 g/mol. The Morgan fingerprint density at radius 1 is 1.39 bits per heavy atom. The van der Waals surface area contributed by atoms with Crippen molar-refractivity contribution in [2.45, 2.75) is 29.4 Å². The highest BCUT2D eigenvalue weighted by Crippen LogP contribution is 2.37. The molecule has 2 rings (SSSR count). The van der Waals surface area contributed by atoms with Crippen molar-refractivity contribution >= 4 is 27.5 Å². The summed E-state index contributed by atoms with van der Waals surface area (Å²) in [7, 11) is -3.59. The number of benzene rings is 1. The van der Waals surface area contributed by atoms with Gasteiger partial charge in [-0.2, -0.15) is 11.8 Å². The Labute approximate surface area is 112 Å². The number of anilines is 1. The quantitative estimate of drug-likeness (QED) is 0.888. The molecule has 100 valence electrons. The van der Waals surface area contributed by atoms with E-state index < -0.39 is 10.0 Å². The molecule has 1 atom stereocenters. The Kier molecular flexibility index (Phi) is 3.89. The van der Waals surface area contributed by atoms with Crippen molar-refractivity contribution in [1.29, 1.82) is 0 Å². The summed E-state index contributed by atoms with van der Waals surface area (Å²) >= 11 is 1.99. The molecule has 3 N–H and O–H groups in total. The van der Waals surface area contributed by atoms with E-state index in [-0.39, 0.29) is 4.90 Å². The minimum Gasteiger partial charge on any atom is -0.384 e. The van der Waals surface area contributed by atoms with Crippen LogP contribution in [0.3, 0.4) is 0 Å². The van der Waals surface area contributed by atoms with Gasteiger partial charge in [0, 0.05) is 17.0 Å². The Bertz CT molecular complexity index is 505. The molecule has 1 heterocycles. The van der Waals surface area contributed by atoms with Gasteiger partial charge in [0.2, 0.25) is 10.0 Å². The van der Waals surface area contributed by atoms with Gasteiger partial charge in [0.25, 0.3) is 0 Å². The molecular weight excluding hydrogens is 268 g/mol. The highest BCUT2D eigenvalue weighted by Gasteiger charge is 2.28. The van der Waals surface area contributed by atoms with Crippen molar-refractivity contribution in [2.24, 2.45) is 5.14 Å². The largest absolute Gasteiger partial charge is 0.384 e. The molecule has 0 aromatic heterocycles. The molecule has 18 heavy (non-hydrogen) atoms. The number of sulfonamides is 1. The summed E-state index contributed by atoms with van der Waals surface area (Å²) in [5.74, 6) is 1.22. The summed E-state index contributed by atoms with van der Waals surface area (Å²) in [6, 6.07) is 6.56. The van der Waals surface area contributed by atoms with Crippen molar-refractivity contribution in [2.75, 3.05) is 17.6 Å². The average Bonchev–Trinajstić information content (AvgIpc) is 2.74. The van der Waals surface area contributed by atoms with Gasteiger partial charge in [-0.05, 0) is 49.8 Å². The number of hydrogen-bond acceptors (Lipinski definition) is 4. The van der Waals surface area contributed by atoms with Gasteiger partial charge in [-0.15, -0.1) is 0 Å². The van der Waals surface area contributed by atoms with Gasteiger partial charge >= 0.3 is 0 Å². The van der Waals surface area contributed by atoms with E-state index in [0.29, 0.717) is 4.75 Å². The first-order valence-corrected chi connectivity index (χ1v) is 8.43. The molecule has 0 spiro atoms. The van der Waals surface area contributed by atoms with Crippen LogP contribution >= 0.6 is 11.8 Å². The number of hydrogen-bond donors (Lipinski definition) is 2. The molecule has 1 saturated heterocycles. The Morgan fingerprint density at radius 3 is 2.56 bits per heavy atom. The Balaban J connectivity index is 1.98. The van der Waals surface area contributed by atoms with Crippen LogP contribution in [0.2, 0.25) is 0 Å². The lowest BCUT2D eigenvalue weighted by atomic mass is 10.1. The van der Waals surface area contributed by atoms with E-state index in [0.717, 1.165) is 12.2 Å². The Morgan fingerprint density at radius 2 is 2.06 bits per heavy atom. The van der Waals surface area contributed by atoms with E-state index in [4.69, 9.17) is 5.14 Å². The normalized spacial score (nSPS) is 24.1. The van der Waals surface area contributed by atoms with E-state index in [1.807, 2.05) is 11.8 Å². The fourth-order valence-corrected chi connectivity index (χ4v) is 3.79. The van der Waals surface area contributed by atoms with Crippen molar-refractivity contribution in [3.05, 3.63) is 24.3 Å². The summed E-state index contributed by atoms with van der Waals surface area (Å²) in [5.41, 5.74) is 0.927. The molecule has 1 aromatic carbocycles. The summed E-state index contributed by atoms with van der Waals surface area (Å²) < 4.78 is 22.5. The predicted molar refractivity (Wildman–Crippen MR) is 76.4 cm³/mol. The molecule has 0 amide bonds. The highest BCUT2D eigenvalue weighted by molar-refractivity contribution is 8.00. The number of rotatable bonds is 4. The van der Waals surface area contributed by atoms with Crippen LogP contribution in [-0.4, -0.2) is 25.5 Å². The molecule has 1 fully saturated rings. The van der Waals surface area contributed by atoms with Gasteiger partial charge in [-0.1, -0.05) is 0 Å². The molecule has 4 nitrogen and oxygen atoms in total. The highest BCUT2D eigenvalue weighted by atomic mass is 32.2. The maximum atomic E-state index is 11.1. The van der Waals surface area contributed by atoms with Crippen molar-refractivity contribution in [3.8, 4) is 0 Å². The maximum absolute atomic E-state index is 11.1. The first kappa shape index (κ1) is 13.7. The zero-order valence-electron chi connectivity index (χ0n) is 10.3. The second-order valence-corrected chi connectivity index (χ2v) is 8.07. The zero-order valence-corrected chi connectivity index (χ0v) is 12.0. The summed E-state index contributed by atoms with van der Waals surface area (Å²) in [5, 5.41) is 8.40. The van der Waals surface area contributed by atoms with Gasteiger partial charge in [-0.3, -0.25) is 0 Å². The molecule has 0 radical (unpaired) electrons. The minimum atomic E-state index is -3.59. The van der Waals surface area contributed by atoms with Gasteiger partial charge in [0.1, 0.15) is 0 Å². The molecule has 1 aliphatic rings. The number of thioether (sulfide) groups is 1. The first-order chi connectivity index (χ1) is 8.39. The Hall–Kier alpha value is -0.720. The molecule has 1 unspecified atom stereocenters. The van der Waals surface area contributed by atoms with Crippen molar-refractivity contribution in [1.82, 2.24) is 0 Å². The van der Waals surface area contributed by atoms with E-state index >= 15 is 0 Å². The van der Waals surface area contributed by atoms with Crippen LogP contribution in [0.1, 0.15) is 19.8 Å². The summed E-state index contributed by atoms with van der Waals surface area (Å²) in [6.07, 6.45) is 2.49. The lowest BCUT2D eigenvalue weighted by Crippen LogP contribution is -2.27. The van der Waals surface area contributed by atoms with Crippen molar-refractivity contribution < 1.29 is 8.42 Å². The lowest BCUT2D eigenvalue weighted by molar-refractivity contribution is 0.598. The SMILES string of the molecule is CC1(CNc2ccc(S(N)(=O)=O)cc2)CCCS1. The second kappa shape index (κ2) is 5.11. The van der Waals surface area contributed by atoms with E-state index in [2.05, 4.69) is 12.2 Å². The van der Waals surface area contributed by atoms with E-state index in [9.17, 15) is 8.42 Å². The van der Waals surface area contributed by atoms with E-state index in [1.165, 1.54) is 30.7 Å². The van der Waals surface area contributed by atoms with Crippen LogP contribution < -0.4 is 10.5 Å². The van der Waals surface area contributed by atoms with Crippen LogP contribution in [0, 0.1) is 0 Å². The zero-order chi connectivity index (χ0) is 13.2. The van der Waals surface area contributed by atoms with Crippen LogP contribution in [0.4, 0.5) is 5.69 Å². The number of nitrogens with one attached hydrogen (secondary N) is 1. The van der Waals surface area contributed by atoms with Gasteiger partial charge in [-0.25, -0.2) is 13.6 Å². The number of primary sulfonamides is 1. The van der Waals surface area contributed by atoms with Crippen LogP contribution in [0.5, 0.6) is 0 Å². The summed E-state index contributed by atoms with van der Waals surface area (Å²) in [4.78, 5) is 0.148. The lowest BCUT2D eigenvalue weighted by Gasteiger charge is -2.23. The standard InChI is InChI=1S/C12H18N2O2S2/c1-12(7-2-8-17-12)9-14-10-3-5-11(6-4-10)18(13,15)16/h3-6,14H,2,7-9H2,1H3,(H2,13,15,16). The molecule has 0 bridgehead atoms. The predicted octanol–water partition coefficient (Wildman–Crippen LogP) is 2.03. The van der Waals surface area contributed by atoms with Gasteiger partial charge < -0.3 is 5.32 Å². The topological polar surface area (TPSA) is 72.2 Å². The number of nitrogens with two attached hydrogens (primary N) is 1. The third-order valence-electron chi connectivity index (χ3n) is 3.15. The molecule has 0 saturated carbocycles. The maximum Gasteiger partial charge on any atom is 0.238 e.